The molecule has 0 saturated carbocycles. The number of aliphatic hydroxyl groups excluding tert-OH is 1. The third kappa shape index (κ3) is 4.62. The number of hydrogen-bond donors (Lipinski definition) is 3. The number of nitrogens with one attached hydrogen (secondary N) is 2. The topological polar surface area (TPSA) is 74.5 Å². The summed E-state index contributed by atoms with van der Waals surface area (Å²) in [5, 5.41) is 15.3. The van der Waals surface area contributed by atoms with E-state index in [9.17, 15) is 9.18 Å². The minimum Gasteiger partial charge on any atom is -0.459 e. The van der Waals surface area contributed by atoms with Crippen LogP contribution in [0, 0.1) is 12.7 Å². The van der Waals surface area contributed by atoms with Crippen molar-refractivity contribution in [3.63, 3.8) is 0 Å². The molecule has 0 bridgehead atoms. The molecule has 2 amide bonds. The fourth-order valence-electron chi connectivity index (χ4n) is 2.36. The van der Waals surface area contributed by atoms with Crippen molar-refractivity contribution >= 4 is 28.8 Å². The van der Waals surface area contributed by atoms with Crippen LogP contribution in [0.5, 0.6) is 0 Å². The largest absolute Gasteiger partial charge is 0.459 e. The third-order valence-electron chi connectivity index (χ3n) is 3.59. The monoisotopic (exact) mass is 340 g/mol. The first-order valence-corrected chi connectivity index (χ1v) is 8.76. The van der Waals surface area contributed by atoms with Gasteiger partial charge in [0.15, 0.2) is 0 Å². The van der Waals surface area contributed by atoms with E-state index >= 15 is 0 Å². The molecule has 1 unspecified atom stereocenters. The Bertz CT molecular complexity index is 669. The Morgan fingerprint density at radius 1 is 1.48 bits per heavy atom. The minimum atomic E-state index is -0.317. The number of halogens is 1. The highest BCUT2D eigenvalue weighted by atomic mass is 32.2. The number of thioether (sulfide) groups is 1. The van der Waals surface area contributed by atoms with Crippen molar-refractivity contribution in [3.05, 3.63) is 35.3 Å². The smallest absolute Gasteiger partial charge is 0.315 e. The van der Waals surface area contributed by atoms with Gasteiger partial charge in [0, 0.05) is 29.4 Å². The average molecular weight is 340 g/mol. The van der Waals surface area contributed by atoms with Gasteiger partial charge in [0.25, 0.3) is 0 Å². The Morgan fingerprint density at radius 3 is 2.96 bits per heavy atom. The van der Waals surface area contributed by atoms with Crippen LogP contribution >= 0.6 is 11.8 Å². The van der Waals surface area contributed by atoms with Gasteiger partial charge in [0.05, 0.1) is 6.54 Å². The molecular weight excluding hydrogens is 319 g/mol. The molecule has 1 aromatic heterocycles. The molecule has 1 heterocycles. The molecule has 1 aromatic carbocycles. The second-order valence-corrected chi connectivity index (χ2v) is 6.19. The number of furan rings is 1. The number of urea groups is 1. The van der Waals surface area contributed by atoms with E-state index in [0.29, 0.717) is 23.2 Å². The summed E-state index contributed by atoms with van der Waals surface area (Å²) in [4.78, 5) is 11.9. The van der Waals surface area contributed by atoms with Gasteiger partial charge >= 0.3 is 6.03 Å². The Balaban J connectivity index is 1.97. The second-order valence-electron chi connectivity index (χ2n) is 5.28. The van der Waals surface area contributed by atoms with E-state index in [2.05, 4.69) is 10.6 Å². The SMILES string of the molecule is CSCC(CCO)NC(=O)NCc1oc2ccc(F)cc2c1C. The average Bonchev–Trinajstić information content (AvgIpc) is 2.82. The van der Waals surface area contributed by atoms with Gasteiger partial charge in [-0.1, -0.05) is 0 Å². The predicted octanol–water partition coefficient (Wildman–Crippen LogP) is 2.79. The van der Waals surface area contributed by atoms with E-state index in [4.69, 9.17) is 9.52 Å². The first kappa shape index (κ1) is 17.6. The molecule has 0 aliphatic rings. The van der Waals surface area contributed by atoms with E-state index in [0.717, 1.165) is 11.3 Å². The Morgan fingerprint density at radius 2 is 2.26 bits per heavy atom. The molecule has 0 fully saturated rings. The van der Waals surface area contributed by atoms with Crippen LogP contribution in [0.25, 0.3) is 11.0 Å². The van der Waals surface area contributed by atoms with Gasteiger partial charge in [-0.05, 0) is 37.8 Å². The molecular formula is C16H21FN2O3S. The Kier molecular flexibility index (Phi) is 6.29. The summed E-state index contributed by atoms with van der Waals surface area (Å²) in [5.74, 6) is 1.02. The highest BCUT2D eigenvalue weighted by Gasteiger charge is 2.14. The molecule has 23 heavy (non-hydrogen) atoms. The van der Waals surface area contributed by atoms with Gasteiger partial charge in [0.2, 0.25) is 0 Å². The number of benzene rings is 1. The van der Waals surface area contributed by atoms with Crippen molar-refractivity contribution in [1.29, 1.82) is 0 Å². The predicted molar refractivity (Wildman–Crippen MR) is 90.2 cm³/mol. The third-order valence-corrected chi connectivity index (χ3v) is 4.32. The molecule has 2 rings (SSSR count). The molecule has 3 N–H and O–H groups in total. The first-order chi connectivity index (χ1) is 11.0. The van der Waals surface area contributed by atoms with Crippen molar-refractivity contribution in [1.82, 2.24) is 10.6 Å². The summed E-state index contributed by atoms with van der Waals surface area (Å²) in [6.45, 7) is 2.08. The maximum absolute atomic E-state index is 13.3. The van der Waals surface area contributed by atoms with Gasteiger partial charge in [-0.2, -0.15) is 11.8 Å². The van der Waals surface area contributed by atoms with Crippen LogP contribution < -0.4 is 10.6 Å². The lowest BCUT2D eigenvalue weighted by Crippen LogP contribution is -2.43. The molecule has 0 radical (unpaired) electrons. The number of carbonyl (C=O) groups is 1. The van der Waals surface area contributed by atoms with Gasteiger partial charge < -0.3 is 20.2 Å². The van der Waals surface area contributed by atoms with E-state index in [1.165, 1.54) is 12.1 Å². The van der Waals surface area contributed by atoms with Gasteiger partial charge in [-0.25, -0.2) is 9.18 Å². The second kappa shape index (κ2) is 8.21. The van der Waals surface area contributed by atoms with E-state index < -0.39 is 0 Å². The van der Waals surface area contributed by atoms with Crippen LogP contribution in [0.3, 0.4) is 0 Å². The summed E-state index contributed by atoms with van der Waals surface area (Å²) in [6.07, 6.45) is 2.46. The van der Waals surface area contributed by atoms with Crippen molar-refractivity contribution in [2.75, 3.05) is 18.6 Å². The molecule has 2 aromatic rings. The lowest BCUT2D eigenvalue weighted by atomic mass is 10.1. The number of hydrogen-bond acceptors (Lipinski definition) is 4. The number of amides is 2. The summed E-state index contributed by atoms with van der Waals surface area (Å²) in [5.41, 5.74) is 1.41. The fraction of sp³-hybridized carbons (Fsp3) is 0.438. The number of aliphatic hydroxyl groups is 1. The molecule has 0 aliphatic heterocycles. The number of fused-ring (bicyclic) bond motifs is 1. The van der Waals surface area contributed by atoms with Crippen molar-refractivity contribution in [3.8, 4) is 0 Å². The van der Waals surface area contributed by atoms with Gasteiger partial charge in [-0.15, -0.1) is 0 Å². The number of rotatable bonds is 7. The quantitative estimate of drug-likeness (QED) is 0.724. The van der Waals surface area contributed by atoms with Crippen molar-refractivity contribution in [2.24, 2.45) is 0 Å². The molecule has 0 spiro atoms. The molecule has 7 heteroatoms. The summed E-state index contributed by atoms with van der Waals surface area (Å²) >= 11 is 1.61. The zero-order valence-corrected chi connectivity index (χ0v) is 14.0. The van der Waals surface area contributed by atoms with Crippen molar-refractivity contribution < 1.29 is 18.7 Å². The van der Waals surface area contributed by atoms with E-state index in [1.54, 1.807) is 17.8 Å². The first-order valence-electron chi connectivity index (χ1n) is 7.36. The van der Waals surface area contributed by atoms with Gasteiger partial charge in [-0.3, -0.25) is 0 Å². The lowest BCUT2D eigenvalue weighted by Gasteiger charge is -2.16. The van der Waals surface area contributed by atoms with Gasteiger partial charge in [0.1, 0.15) is 17.2 Å². The zero-order valence-electron chi connectivity index (χ0n) is 13.2. The summed E-state index contributed by atoms with van der Waals surface area (Å²) in [7, 11) is 0. The Hall–Kier alpha value is -1.73. The molecule has 1 atom stereocenters. The van der Waals surface area contributed by atoms with Crippen LogP contribution in [-0.2, 0) is 6.54 Å². The molecule has 0 saturated heterocycles. The Labute approximate surface area is 138 Å². The standard InChI is InChI=1S/C16H21FN2O3S/c1-10-13-7-11(17)3-4-14(13)22-15(10)8-18-16(21)19-12(5-6-20)9-23-2/h3-4,7,12,20H,5-6,8-9H2,1-2H3,(H2,18,19,21). The number of carbonyl (C=O) groups excluding carboxylic acids is 1. The van der Waals surface area contributed by atoms with Crippen LogP contribution in [-0.4, -0.2) is 35.8 Å². The minimum absolute atomic E-state index is 0.0275. The van der Waals surface area contributed by atoms with Crippen LogP contribution in [0.1, 0.15) is 17.7 Å². The van der Waals surface area contributed by atoms with E-state index in [1.807, 2.05) is 13.2 Å². The van der Waals surface area contributed by atoms with E-state index in [-0.39, 0.29) is 31.0 Å². The normalized spacial score (nSPS) is 12.3. The van der Waals surface area contributed by atoms with Crippen molar-refractivity contribution in [2.45, 2.75) is 25.9 Å². The number of aryl methyl sites for hydroxylation is 1. The zero-order chi connectivity index (χ0) is 16.8. The highest BCUT2D eigenvalue weighted by Crippen LogP contribution is 2.25. The fourth-order valence-corrected chi connectivity index (χ4v) is 3.02. The lowest BCUT2D eigenvalue weighted by molar-refractivity contribution is 0.230. The summed E-state index contributed by atoms with van der Waals surface area (Å²) < 4.78 is 18.9. The summed E-state index contributed by atoms with van der Waals surface area (Å²) in [6, 6.07) is 3.95. The van der Waals surface area contributed by atoms with Crippen LogP contribution in [0.2, 0.25) is 0 Å². The molecule has 5 nitrogen and oxygen atoms in total. The maximum atomic E-state index is 13.3. The maximum Gasteiger partial charge on any atom is 0.315 e. The highest BCUT2D eigenvalue weighted by molar-refractivity contribution is 7.98. The molecule has 126 valence electrons. The van der Waals surface area contributed by atoms with Crippen LogP contribution in [0.15, 0.2) is 22.6 Å². The molecule has 0 aliphatic carbocycles. The van der Waals surface area contributed by atoms with Crippen LogP contribution in [0.4, 0.5) is 9.18 Å².